The first-order valence-corrected chi connectivity index (χ1v) is 14.1. The highest BCUT2D eigenvalue weighted by molar-refractivity contribution is 5.77. The van der Waals surface area contributed by atoms with Crippen LogP contribution in [0.25, 0.3) is 22.2 Å². The number of ether oxygens (including phenoxy) is 1. The van der Waals surface area contributed by atoms with Gasteiger partial charge in [-0.15, -0.1) is 0 Å². The lowest BCUT2D eigenvalue weighted by molar-refractivity contribution is -0.133. The van der Waals surface area contributed by atoms with Crippen LogP contribution in [0.1, 0.15) is 49.9 Å². The SMILES string of the molecule is COCCCn1c([C@@H]2CCCN(C(=O)C[C@H](C)Cc3ccc(-c4ccccc4F)cc3)C2)nc2ccccc21. The number of carbonyl (C=O) groups is 1. The number of amides is 1. The second kappa shape index (κ2) is 12.6. The Balaban J connectivity index is 1.21. The van der Waals surface area contributed by atoms with Crippen molar-refractivity contribution < 1.29 is 13.9 Å². The average Bonchev–Trinajstić information content (AvgIpc) is 3.33. The third-order valence-electron chi connectivity index (χ3n) is 7.80. The summed E-state index contributed by atoms with van der Waals surface area (Å²) in [7, 11) is 1.74. The van der Waals surface area contributed by atoms with Crippen LogP contribution in [0, 0.1) is 11.7 Å². The maximum absolute atomic E-state index is 14.1. The number of aryl methyl sites for hydroxylation is 1. The van der Waals surface area contributed by atoms with Crippen molar-refractivity contribution in [1.29, 1.82) is 0 Å². The highest BCUT2D eigenvalue weighted by atomic mass is 19.1. The Kier molecular flexibility index (Phi) is 8.72. The van der Waals surface area contributed by atoms with Crippen LogP contribution in [0.3, 0.4) is 0 Å². The Labute approximate surface area is 230 Å². The van der Waals surface area contributed by atoms with Crippen LogP contribution in [0.4, 0.5) is 4.39 Å². The highest BCUT2D eigenvalue weighted by Crippen LogP contribution is 2.31. The Morgan fingerprint density at radius 3 is 2.64 bits per heavy atom. The number of methoxy groups -OCH3 is 1. The molecule has 2 heterocycles. The molecule has 4 aromatic rings. The number of benzene rings is 3. The minimum atomic E-state index is -0.213. The number of carbonyl (C=O) groups excluding carboxylic acids is 1. The molecule has 39 heavy (non-hydrogen) atoms. The van der Waals surface area contributed by atoms with Crippen molar-refractivity contribution in [3.63, 3.8) is 0 Å². The first-order valence-electron chi connectivity index (χ1n) is 14.1. The number of imidazole rings is 1. The van der Waals surface area contributed by atoms with Crippen molar-refractivity contribution in [3.05, 3.63) is 90.0 Å². The van der Waals surface area contributed by atoms with Gasteiger partial charge in [-0.05, 0) is 60.9 Å². The number of para-hydroxylation sites is 2. The van der Waals surface area contributed by atoms with Crippen LogP contribution in [-0.4, -0.2) is 47.2 Å². The van der Waals surface area contributed by atoms with Crippen LogP contribution >= 0.6 is 0 Å². The lowest BCUT2D eigenvalue weighted by Crippen LogP contribution is -2.40. The lowest BCUT2D eigenvalue weighted by Gasteiger charge is -2.33. The molecule has 0 radical (unpaired) electrons. The monoisotopic (exact) mass is 527 g/mol. The van der Waals surface area contributed by atoms with E-state index < -0.39 is 0 Å². The zero-order chi connectivity index (χ0) is 27.2. The van der Waals surface area contributed by atoms with Gasteiger partial charge in [0.25, 0.3) is 0 Å². The summed E-state index contributed by atoms with van der Waals surface area (Å²) in [6.45, 7) is 5.24. The standard InChI is InChI=1S/C33H38FN3O2/c1-24(21-25-14-16-26(17-15-25)28-10-3-4-11-29(28)34)22-32(38)36-18-7-9-27(23-36)33-35-30-12-5-6-13-31(30)37(33)19-8-20-39-2/h3-6,10-17,24,27H,7-9,18-23H2,1-2H3/t24-,27-/m1/s1. The van der Waals surface area contributed by atoms with Crippen LogP contribution in [0.15, 0.2) is 72.8 Å². The molecule has 1 fully saturated rings. The maximum Gasteiger partial charge on any atom is 0.222 e. The van der Waals surface area contributed by atoms with Gasteiger partial charge in [-0.3, -0.25) is 4.79 Å². The number of piperidine rings is 1. The summed E-state index contributed by atoms with van der Waals surface area (Å²) in [6.07, 6.45) is 4.30. The zero-order valence-corrected chi connectivity index (χ0v) is 23.0. The van der Waals surface area contributed by atoms with Gasteiger partial charge in [0.2, 0.25) is 5.91 Å². The first kappa shape index (κ1) is 27.1. The van der Waals surface area contributed by atoms with Gasteiger partial charge in [0.05, 0.1) is 11.0 Å². The summed E-state index contributed by atoms with van der Waals surface area (Å²) in [5.74, 6) is 1.55. The summed E-state index contributed by atoms with van der Waals surface area (Å²) in [5.41, 5.74) is 4.81. The molecule has 1 aromatic heterocycles. The number of rotatable bonds is 10. The van der Waals surface area contributed by atoms with Gasteiger partial charge < -0.3 is 14.2 Å². The van der Waals surface area contributed by atoms with E-state index in [1.165, 1.54) is 6.07 Å². The van der Waals surface area contributed by atoms with E-state index in [-0.39, 0.29) is 23.6 Å². The second-order valence-electron chi connectivity index (χ2n) is 10.8. The van der Waals surface area contributed by atoms with E-state index in [9.17, 15) is 9.18 Å². The van der Waals surface area contributed by atoms with Crippen LogP contribution < -0.4 is 0 Å². The Hall–Kier alpha value is -3.51. The van der Waals surface area contributed by atoms with Crippen molar-refractivity contribution in [2.75, 3.05) is 26.8 Å². The Bertz CT molecular complexity index is 1400. The van der Waals surface area contributed by atoms with E-state index >= 15 is 0 Å². The fourth-order valence-corrected chi connectivity index (χ4v) is 5.84. The van der Waals surface area contributed by atoms with Gasteiger partial charge in [-0.25, -0.2) is 9.37 Å². The van der Waals surface area contributed by atoms with Crippen molar-refractivity contribution in [3.8, 4) is 11.1 Å². The van der Waals surface area contributed by atoms with Gasteiger partial charge in [0, 0.05) is 51.3 Å². The minimum Gasteiger partial charge on any atom is -0.385 e. The molecule has 6 heteroatoms. The van der Waals surface area contributed by atoms with Crippen LogP contribution in [0.5, 0.6) is 0 Å². The number of likely N-dealkylation sites (tertiary alicyclic amines) is 1. The molecule has 0 unspecified atom stereocenters. The van der Waals surface area contributed by atoms with E-state index in [0.29, 0.717) is 18.6 Å². The molecule has 2 atom stereocenters. The molecule has 0 aliphatic carbocycles. The van der Waals surface area contributed by atoms with Gasteiger partial charge in [0.1, 0.15) is 11.6 Å². The summed E-state index contributed by atoms with van der Waals surface area (Å²) < 4.78 is 21.8. The topological polar surface area (TPSA) is 47.4 Å². The molecule has 1 aliphatic rings. The third kappa shape index (κ3) is 6.39. The van der Waals surface area contributed by atoms with Crippen molar-refractivity contribution in [2.24, 2.45) is 5.92 Å². The summed E-state index contributed by atoms with van der Waals surface area (Å²) in [6, 6.07) is 23.2. The smallest absolute Gasteiger partial charge is 0.222 e. The molecule has 0 N–H and O–H groups in total. The summed E-state index contributed by atoms with van der Waals surface area (Å²) in [5, 5.41) is 0. The lowest BCUT2D eigenvalue weighted by atomic mass is 9.93. The van der Waals surface area contributed by atoms with Crippen molar-refractivity contribution >= 4 is 16.9 Å². The zero-order valence-electron chi connectivity index (χ0n) is 23.0. The largest absolute Gasteiger partial charge is 0.385 e. The van der Waals surface area contributed by atoms with Crippen LogP contribution in [-0.2, 0) is 22.5 Å². The number of hydrogen-bond donors (Lipinski definition) is 0. The van der Waals surface area contributed by atoms with Gasteiger partial charge in [-0.2, -0.15) is 0 Å². The quantitative estimate of drug-likeness (QED) is 0.212. The number of nitrogens with zero attached hydrogens (tertiary/aromatic N) is 3. The predicted molar refractivity (Wildman–Crippen MR) is 154 cm³/mol. The van der Waals surface area contributed by atoms with Crippen molar-refractivity contribution in [2.45, 2.75) is 51.5 Å². The molecule has 5 nitrogen and oxygen atoms in total. The Morgan fingerprint density at radius 1 is 1.08 bits per heavy atom. The molecule has 0 bridgehead atoms. The van der Waals surface area contributed by atoms with Crippen LogP contribution in [0.2, 0.25) is 0 Å². The van der Waals surface area contributed by atoms with Gasteiger partial charge in [-0.1, -0.05) is 61.5 Å². The summed E-state index contributed by atoms with van der Waals surface area (Å²) >= 11 is 0. The van der Waals surface area contributed by atoms with Crippen molar-refractivity contribution in [1.82, 2.24) is 14.5 Å². The molecular formula is C33H38FN3O2. The molecule has 0 spiro atoms. The van der Waals surface area contributed by atoms with Gasteiger partial charge >= 0.3 is 0 Å². The first-order chi connectivity index (χ1) is 19.0. The van der Waals surface area contributed by atoms with E-state index in [4.69, 9.17) is 9.72 Å². The van der Waals surface area contributed by atoms with Gasteiger partial charge in [0.15, 0.2) is 0 Å². The molecule has 0 saturated carbocycles. The predicted octanol–water partition coefficient (Wildman–Crippen LogP) is 6.85. The number of halogens is 1. The minimum absolute atomic E-state index is 0.213. The number of hydrogen-bond acceptors (Lipinski definition) is 3. The fourth-order valence-electron chi connectivity index (χ4n) is 5.84. The highest BCUT2D eigenvalue weighted by Gasteiger charge is 2.29. The van der Waals surface area contributed by atoms with E-state index in [1.807, 2.05) is 41.3 Å². The third-order valence-corrected chi connectivity index (χ3v) is 7.80. The second-order valence-corrected chi connectivity index (χ2v) is 10.8. The molecule has 204 valence electrons. The fraction of sp³-hybridized carbons (Fsp3) is 0.394. The number of fused-ring (bicyclic) bond motifs is 1. The molecule has 3 aromatic carbocycles. The maximum atomic E-state index is 14.1. The molecule has 5 rings (SSSR count). The average molecular weight is 528 g/mol. The number of aromatic nitrogens is 2. The van der Waals surface area contributed by atoms with E-state index in [0.717, 1.165) is 73.3 Å². The van der Waals surface area contributed by atoms with E-state index in [2.05, 4.69) is 29.7 Å². The summed E-state index contributed by atoms with van der Waals surface area (Å²) in [4.78, 5) is 20.4. The Morgan fingerprint density at radius 2 is 1.85 bits per heavy atom. The molecule has 1 amide bonds. The normalized spacial score (nSPS) is 16.5. The molecule has 1 aliphatic heterocycles. The molecule has 1 saturated heterocycles. The van der Waals surface area contributed by atoms with E-state index in [1.54, 1.807) is 19.2 Å². The molecular weight excluding hydrogens is 489 g/mol.